The van der Waals surface area contributed by atoms with Gasteiger partial charge in [0, 0.05) is 13.2 Å². The third-order valence-electron chi connectivity index (χ3n) is 5.93. The van der Waals surface area contributed by atoms with Crippen molar-refractivity contribution in [3.63, 3.8) is 0 Å². The fourth-order valence-corrected chi connectivity index (χ4v) is 3.93. The predicted molar refractivity (Wildman–Crippen MR) is 123 cm³/mol. The van der Waals surface area contributed by atoms with Gasteiger partial charge in [-0.25, -0.2) is 4.98 Å². The van der Waals surface area contributed by atoms with Gasteiger partial charge in [-0.3, -0.25) is 9.59 Å². The van der Waals surface area contributed by atoms with Crippen LogP contribution < -0.4 is 21.1 Å². The number of hydrogen-bond donors (Lipinski definition) is 3. The summed E-state index contributed by atoms with van der Waals surface area (Å²) in [5.41, 5.74) is 8.66. The van der Waals surface area contributed by atoms with E-state index in [2.05, 4.69) is 15.6 Å². The average Bonchev–Trinajstić information content (AvgIpc) is 3.64. The van der Waals surface area contributed by atoms with Crippen LogP contribution >= 0.6 is 0 Å². The van der Waals surface area contributed by atoms with E-state index in [9.17, 15) is 9.59 Å². The van der Waals surface area contributed by atoms with E-state index in [0.717, 1.165) is 29.5 Å². The Bertz CT molecular complexity index is 1160. The minimum Gasteiger partial charge on any atom is -0.497 e. The molecule has 4 N–H and O–H groups in total. The molecule has 0 saturated heterocycles. The van der Waals surface area contributed by atoms with E-state index in [-0.39, 0.29) is 11.8 Å². The van der Waals surface area contributed by atoms with Gasteiger partial charge in [0.15, 0.2) is 0 Å². The number of rotatable bonds is 7. The Morgan fingerprint density at radius 3 is 2.50 bits per heavy atom. The third kappa shape index (κ3) is 4.14. The molecule has 1 saturated carbocycles. The van der Waals surface area contributed by atoms with Gasteiger partial charge in [-0.2, -0.15) is 0 Å². The Balaban J connectivity index is 1.62. The summed E-state index contributed by atoms with van der Waals surface area (Å²) in [6.45, 7) is 0. The molecule has 2 amide bonds. The number of carbonyl (C=O) groups is 2. The number of nitrogens with one attached hydrogen (secondary N) is 2. The van der Waals surface area contributed by atoms with Gasteiger partial charge < -0.3 is 21.1 Å². The van der Waals surface area contributed by atoms with Crippen molar-refractivity contribution in [1.82, 2.24) is 15.6 Å². The van der Waals surface area contributed by atoms with Gasteiger partial charge >= 0.3 is 0 Å². The lowest BCUT2D eigenvalue weighted by Crippen LogP contribution is -2.43. The molecule has 1 fully saturated rings. The minimum atomic E-state index is -0.816. The molecule has 1 aliphatic rings. The molecule has 2 aromatic carbocycles. The van der Waals surface area contributed by atoms with Gasteiger partial charge in [0.2, 0.25) is 11.8 Å². The van der Waals surface area contributed by atoms with E-state index < -0.39 is 11.5 Å². The van der Waals surface area contributed by atoms with Crippen molar-refractivity contribution in [3.8, 4) is 16.9 Å². The molecule has 1 aliphatic carbocycles. The van der Waals surface area contributed by atoms with Crippen LogP contribution in [0.15, 0.2) is 66.9 Å². The predicted octanol–water partition coefficient (Wildman–Crippen LogP) is 2.97. The normalized spacial score (nSPS) is 14.8. The molecular formula is C25H26N4O3. The molecule has 1 heterocycles. The zero-order valence-electron chi connectivity index (χ0n) is 18.1. The van der Waals surface area contributed by atoms with Crippen LogP contribution in [0.1, 0.15) is 30.0 Å². The monoisotopic (exact) mass is 430 g/mol. The molecule has 164 valence electrons. The molecule has 0 spiro atoms. The van der Waals surface area contributed by atoms with E-state index in [0.29, 0.717) is 17.1 Å². The second kappa shape index (κ2) is 8.70. The maximum Gasteiger partial charge on any atom is 0.246 e. The first-order valence-corrected chi connectivity index (χ1v) is 10.5. The Kier molecular flexibility index (Phi) is 5.81. The molecule has 32 heavy (non-hydrogen) atoms. The number of pyridine rings is 1. The van der Waals surface area contributed by atoms with Crippen molar-refractivity contribution < 1.29 is 14.3 Å². The first-order valence-electron chi connectivity index (χ1n) is 10.5. The summed E-state index contributed by atoms with van der Waals surface area (Å²) in [6.07, 6.45) is 3.11. The Labute approximate surface area is 187 Å². The number of anilines is 1. The molecule has 0 radical (unpaired) electrons. The maximum atomic E-state index is 13.4. The number of nitrogens with zero attached hydrogens (tertiary/aromatic N) is 1. The van der Waals surface area contributed by atoms with Gasteiger partial charge in [-0.1, -0.05) is 36.4 Å². The van der Waals surface area contributed by atoms with Gasteiger partial charge in [0.25, 0.3) is 0 Å². The van der Waals surface area contributed by atoms with E-state index in [1.807, 2.05) is 36.4 Å². The maximum absolute atomic E-state index is 13.4. The number of carbonyl (C=O) groups excluding carboxylic acids is 2. The molecule has 1 atom stereocenters. The summed E-state index contributed by atoms with van der Waals surface area (Å²) >= 11 is 0. The highest BCUT2D eigenvalue weighted by Crippen LogP contribution is 2.49. The zero-order valence-corrected chi connectivity index (χ0v) is 18.1. The van der Waals surface area contributed by atoms with Crippen molar-refractivity contribution in [2.75, 3.05) is 19.9 Å². The second-order valence-corrected chi connectivity index (χ2v) is 7.93. The quantitative estimate of drug-likeness (QED) is 0.534. The van der Waals surface area contributed by atoms with E-state index in [1.165, 1.54) is 0 Å². The third-order valence-corrected chi connectivity index (χ3v) is 5.93. The van der Waals surface area contributed by atoms with Gasteiger partial charge in [0.1, 0.15) is 17.6 Å². The highest BCUT2D eigenvalue weighted by molar-refractivity contribution is 5.96. The summed E-state index contributed by atoms with van der Waals surface area (Å²) in [7, 11) is 3.12. The van der Waals surface area contributed by atoms with Crippen molar-refractivity contribution in [3.05, 3.63) is 78.0 Å². The molecule has 0 bridgehead atoms. The molecule has 3 aromatic rings. The average molecular weight is 431 g/mol. The fraction of sp³-hybridized carbons (Fsp3) is 0.240. The lowest BCUT2D eigenvalue weighted by molar-refractivity contribution is -0.130. The Morgan fingerprint density at radius 2 is 1.81 bits per heavy atom. The molecule has 7 nitrogen and oxygen atoms in total. The van der Waals surface area contributed by atoms with Gasteiger partial charge in [0.05, 0.1) is 12.5 Å². The summed E-state index contributed by atoms with van der Waals surface area (Å²) in [4.78, 5) is 30.1. The molecule has 7 heteroatoms. The highest BCUT2D eigenvalue weighted by Gasteiger charge is 2.52. The van der Waals surface area contributed by atoms with Crippen molar-refractivity contribution in [1.29, 1.82) is 0 Å². The van der Waals surface area contributed by atoms with E-state index in [4.69, 9.17) is 10.5 Å². The fourth-order valence-electron chi connectivity index (χ4n) is 3.93. The van der Waals surface area contributed by atoms with Crippen LogP contribution in [0.25, 0.3) is 11.1 Å². The van der Waals surface area contributed by atoms with Crippen LogP contribution in [0.4, 0.5) is 5.82 Å². The lowest BCUT2D eigenvalue weighted by atomic mass is 9.91. The largest absolute Gasteiger partial charge is 0.497 e. The van der Waals surface area contributed by atoms with Crippen LogP contribution in [-0.2, 0) is 15.0 Å². The summed E-state index contributed by atoms with van der Waals surface area (Å²) in [6, 6.07) is 17.9. The van der Waals surface area contributed by atoms with Gasteiger partial charge in [-0.05, 0) is 59.4 Å². The minimum absolute atomic E-state index is 0.166. The van der Waals surface area contributed by atoms with Crippen molar-refractivity contribution in [2.45, 2.75) is 24.3 Å². The molecule has 0 aliphatic heterocycles. The van der Waals surface area contributed by atoms with Crippen LogP contribution in [0.3, 0.4) is 0 Å². The van der Waals surface area contributed by atoms with E-state index >= 15 is 0 Å². The van der Waals surface area contributed by atoms with Crippen LogP contribution in [0, 0.1) is 0 Å². The molecule has 1 unspecified atom stereocenters. The number of ether oxygens (including phenoxy) is 1. The number of nitrogen functional groups attached to an aromatic ring is 1. The zero-order chi connectivity index (χ0) is 22.7. The summed E-state index contributed by atoms with van der Waals surface area (Å²) in [5, 5.41) is 5.61. The van der Waals surface area contributed by atoms with Crippen LogP contribution in [0.2, 0.25) is 0 Å². The number of nitrogens with two attached hydrogens (primary N) is 1. The van der Waals surface area contributed by atoms with Crippen molar-refractivity contribution >= 4 is 17.6 Å². The summed E-state index contributed by atoms with van der Waals surface area (Å²) in [5.74, 6) is 0.610. The molecule has 4 rings (SSSR count). The van der Waals surface area contributed by atoms with Crippen LogP contribution in [0.5, 0.6) is 5.75 Å². The first-order chi connectivity index (χ1) is 15.5. The van der Waals surface area contributed by atoms with E-state index in [1.54, 1.807) is 44.6 Å². The standard InChI is InChI=1S/C25H26N4O3/c1-27-23(30)22(18-6-4-8-20(14-18)32-2)29-24(31)25(10-11-25)19-7-3-5-16(13-19)17-9-12-28-21(26)15-17/h3-9,12-15,22H,10-11H2,1-2H3,(H2,26,28)(H,27,30)(H,29,31). The number of likely N-dealkylation sites (N-methyl/N-ethyl adjacent to an activating group) is 1. The number of aromatic nitrogens is 1. The SMILES string of the molecule is CNC(=O)C(NC(=O)C1(c2cccc(-c3ccnc(N)c3)c2)CC1)c1cccc(OC)c1. The molecular weight excluding hydrogens is 404 g/mol. The second-order valence-electron chi connectivity index (χ2n) is 7.93. The number of hydrogen-bond acceptors (Lipinski definition) is 5. The topological polar surface area (TPSA) is 106 Å². The lowest BCUT2D eigenvalue weighted by Gasteiger charge is -2.23. The number of benzene rings is 2. The molecule has 1 aromatic heterocycles. The number of methoxy groups -OCH3 is 1. The van der Waals surface area contributed by atoms with Gasteiger partial charge in [-0.15, -0.1) is 0 Å². The smallest absolute Gasteiger partial charge is 0.246 e. The van der Waals surface area contributed by atoms with Crippen LogP contribution in [-0.4, -0.2) is 31.0 Å². The Morgan fingerprint density at radius 1 is 1.06 bits per heavy atom. The first kappa shape index (κ1) is 21.4. The number of amides is 2. The van der Waals surface area contributed by atoms with Crippen molar-refractivity contribution in [2.24, 2.45) is 0 Å². The summed E-state index contributed by atoms with van der Waals surface area (Å²) < 4.78 is 5.28. The Hall–Kier alpha value is -3.87. The highest BCUT2D eigenvalue weighted by atomic mass is 16.5.